The quantitative estimate of drug-likeness (QED) is 0.837. The van der Waals surface area contributed by atoms with Gasteiger partial charge in [0.1, 0.15) is 5.82 Å². The molecule has 1 nitrogen and oxygen atoms in total. The van der Waals surface area contributed by atoms with Crippen LogP contribution in [0.2, 0.25) is 0 Å². The minimum Gasteiger partial charge on any atom is -0.381 e. The van der Waals surface area contributed by atoms with Crippen LogP contribution in [0.15, 0.2) is 42.5 Å². The normalized spacial score (nSPS) is 10.3. The fraction of sp³-hybridized carbons (Fsp3) is 0.200. The lowest BCUT2D eigenvalue weighted by Gasteiger charge is -2.08. The van der Waals surface area contributed by atoms with Crippen molar-refractivity contribution in [2.24, 2.45) is 0 Å². The van der Waals surface area contributed by atoms with E-state index in [-0.39, 0.29) is 5.82 Å². The zero-order chi connectivity index (χ0) is 12.3. The molecule has 0 radical (unpaired) electrons. The molecule has 17 heavy (non-hydrogen) atoms. The Labute approximate surface area is 101 Å². The summed E-state index contributed by atoms with van der Waals surface area (Å²) in [5.41, 5.74) is 4.71. The maximum absolute atomic E-state index is 12.7. The van der Waals surface area contributed by atoms with E-state index in [1.54, 1.807) is 12.1 Å². The molecule has 0 fully saturated rings. The highest BCUT2D eigenvalue weighted by atomic mass is 19.1. The average molecular weight is 229 g/mol. The summed E-state index contributed by atoms with van der Waals surface area (Å²) in [5.74, 6) is -0.207. The van der Waals surface area contributed by atoms with E-state index in [1.807, 2.05) is 0 Å². The molecule has 2 aromatic carbocycles. The van der Waals surface area contributed by atoms with Crippen molar-refractivity contribution in [2.75, 3.05) is 5.32 Å². The smallest absolute Gasteiger partial charge is 0.123 e. The van der Waals surface area contributed by atoms with Crippen molar-refractivity contribution in [1.82, 2.24) is 0 Å². The minimum atomic E-state index is -0.207. The number of nitrogens with one attached hydrogen (secondary N) is 1. The summed E-state index contributed by atoms with van der Waals surface area (Å²) in [5, 5.41) is 3.28. The highest BCUT2D eigenvalue weighted by Gasteiger charge is 1.97. The fourth-order valence-electron chi connectivity index (χ4n) is 1.94. The Morgan fingerprint density at radius 2 is 1.53 bits per heavy atom. The fourth-order valence-corrected chi connectivity index (χ4v) is 1.94. The van der Waals surface area contributed by atoms with Gasteiger partial charge in [-0.1, -0.05) is 29.3 Å². The molecule has 1 N–H and O–H groups in total. The number of halogens is 1. The van der Waals surface area contributed by atoms with Crippen molar-refractivity contribution in [3.63, 3.8) is 0 Å². The molecule has 0 atom stereocenters. The van der Waals surface area contributed by atoms with Crippen molar-refractivity contribution in [3.05, 3.63) is 65.0 Å². The van der Waals surface area contributed by atoms with E-state index in [4.69, 9.17) is 0 Å². The highest BCUT2D eigenvalue weighted by molar-refractivity contribution is 5.44. The van der Waals surface area contributed by atoms with Crippen molar-refractivity contribution in [1.29, 1.82) is 0 Å². The molecule has 2 heteroatoms. The van der Waals surface area contributed by atoms with Crippen molar-refractivity contribution >= 4 is 5.69 Å². The van der Waals surface area contributed by atoms with Gasteiger partial charge in [0.05, 0.1) is 0 Å². The van der Waals surface area contributed by atoms with Gasteiger partial charge in [-0.15, -0.1) is 0 Å². The Hall–Kier alpha value is -1.83. The molecular formula is C15H16FN. The standard InChI is InChI=1S/C15H16FN/c1-11-7-12(2)9-13(8-11)10-17-15-5-3-14(16)4-6-15/h3-9,17H,10H2,1-2H3. The Balaban J connectivity index is 2.04. The monoisotopic (exact) mass is 229 g/mol. The van der Waals surface area contributed by atoms with Crippen LogP contribution in [0.25, 0.3) is 0 Å². The topological polar surface area (TPSA) is 12.0 Å². The Morgan fingerprint density at radius 3 is 2.12 bits per heavy atom. The van der Waals surface area contributed by atoms with E-state index in [9.17, 15) is 4.39 Å². The molecule has 0 aliphatic rings. The first-order valence-electron chi connectivity index (χ1n) is 5.70. The van der Waals surface area contributed by atoms with E-state index < -0.39 is 0 Å². The zero-order valence-electron chi connectivity index (χ0n) is 10.1. The second kappa shape index (κ2) is 5.00. The van der Waals surface area contributed by atoms with Crippen LogP contribution in [0.5, 0.6) is 0 Å². The summed E-state index contributed by atoms with van der Waals surface area (Å²) in [6, 6.07) is 12.9. The molecule has 0 aliphatic heterocycles. The number of hydrogen-bond acceptors (Lipinski definition) is 1. The number of hydrogen-bond donors (Lipinski definition) is 1. The molecule has 0 aromatic heterocycles. The van der Waals surface area contributed by atoms with Gasteiger partial charge in [0, 0.05) is 12.2 Å². The first kappa shape index (κ1) is 11.6. The molecule has 2 aromatic rings. The lowest BCUT2D eigenvalue weighted by molar-refractivity contribution is 0.628. The third-order valence-electron chi connectivity index (χ3n) is 2.62. The Morgan fingerprint density at radius 1 is 0.941 bits per heavy atom. The first-order chi connectivity index (χ1) is 8.13. The van der Waals surface area contributed by atoms with Crippen LogP contribution < -0.4 is 5.32 Å². The van der Waals surface area contributed by atoms with E-state index >= 15 is 0 Å². The minimum absolute atomic E-state index is 0.207. The zero-order valence-corrected chi connectivity index (χ0v) is 10.1. The van der Waals surface area contributed by atoms with Gasteiger partial charge in [0.15, 0.2) is 0 Å². The van der Waals surface area contributed by atoms with Crippen LogP contribution >= 0.6 is 0 Å². The maximum Gasteiger partial charge on any atom is 0.123 e. The first-order valence-corrected chi connectivity index (χ1v) is 5.70. The van der Waals surface area contributed by atoms with Crippen molar-refractivity contribution in [3.8, 4) is 0 Å². The molecule has 2 rings (SSSR count). The van der Waals surface area contributed by atoms with Crippen LogP contribution in [0.4, 0.5) is 10.1 Å². The highest BCUT2D eigenvalue weighted by Crippen LogP contribution is 2.13. The molecule has 0 spiro atoms. The van der Waals surface area contributed by atoms with Gasteiger partial charge in [-0.05, 0) is 43.7 Å². The van der Waals surface area contributed by atoms with Gasteiger partial charge >= 0.3 is 0 Å². The van der Waals surface area contributed by atoms with Gasteiger partial charge < -0.3 is 5.32 Å². The summed E-state index contributed by atoms with van der Waals surface area (Å²) in [4.78, 5) is 0. The molecule has 0 saturated heterocycles. The van der Waals surface area contributed by atoms with E-state index in [0.717, 1.165) is 12.2 Å². The maximum atomic E-state index is 12.7. The Kier molecular flexibility index (Phi) is 3.43. The van der Waals surface area contributed by atoms with E-state index in [1.165, 1.54) is 28.8 Å². The third kappa shape index (κ3) is 3.31. The summed E-state index contributed by atoms with van der Waals surface area (Å²) < 4.78 is 12.7. The molecular weight excluding hydrogens is 213 g/mol. The van der Waals surface area contributed by atoms with E-state index in [0.29, 0.717) is 0 Å². The number of benzene rings is 2. The van der Waals surface area contributed by atoms with Crippen LogP contribution in [0.1, 0.15) is 16.7 Å². The molecule has 0 saturated carbocycles. The van der Waals surface area contributed by atoms with Gasteiger partial charge in [-0.25, -0.2) is 4.39 Å². The van der Waals surface area contributed by atoms with Crippen LogP contribution in [-0.4, -0.2) is 0 Å². The third-order valence-corrected chi connectivity index (χ3v) is 2.62. The Bertz CT molecular complexity index is 483. The number of aryl methyl sites for hydroxylation is 2. The SMILES string of the molecule is Cc1cc(C)cc(CNc2ccc(F)cc2)c1. The molecule has 0 amide bonds. The van der Waals surface area contributed by atoms with Crippen molar-refractivity contribution < 1.29 is 4.39 Å². The largest absolute Gasteiger partial charge is 0.381 e. The van der Waals surface area contributed by atoms with Gasteiger partial charge in [-0.3, -0.25) is 0 Å². The van der Waals surface area contributed by atoms with Crippen LogP contribution in [-0.2, 0) is 6.54 Å². The predicted octanol–water partition coefficient (Wildman–Crippen LogP) is 4.05. The predicted molar refractivity (Wildman–Crippen MR) is 69.6 cm³/mol. The van der Waals surface area contributed by atoms with E-state index in [2.05, 4.69) is 37.4 Å². The van der Waals surface area contributed by atoms with Gasteiger partial charge in [0.2, 0.25) is 0 Å². The number of anilines is 1. The number of rotatable bonds is 3. The lowest BCUT2D eigenvalue weighted by atomic mass is 10.1. The second-order valence-corrected chi connectivity index (χ2v) is 4.36. The molecule has 88 valence electrons. The molecule has 0 unspecified atom stereocenters. The van der Waals surface area contributed by atoms with Gasteiger partial charge in [0.25, 0.3) is 0 Å². The summed E-state index contributed by atoms with van der Waals surface area (Å²) in [7, 11) is 0. The van der Waals surface area contributed by atoms with Crippen LogP contribution in [0, 0.1) is 19.7 Å². The van der Waals surface area contributed by atoms with Crippen LogP contribution in [0.3, 0.4) is 0 Å². The van der Waals surface area contributed by atoms with Crippen molar-refractivity contribution in [2.45, 2.75) is 20.4 Å². The second-order valence-electron chi connectivity index (χ2n) is 4.36. The molecule has 0 bridgehead atoms. The summed E-state index contributed by atoms with van der Waals surface area (Å²) in [6.45, 7) is 4.94. The average Bonchev–Trinajstić information content (AvgIpc) is 2.27. The molecule has 0 aliphatic carbocycles. The summed E-state index contributed by atoms with van der Waals surface area (Å²) in [6.07, 6.45) is 0. The van der Waals surface area contributed by atoms with Gasteiger partial charge in [-0.2, -0.15) is 0 Å². The molecule has 0 heterocycles. The lowest BCUT2D eigenvalue weighted by Crippen LogP contribution is -2.00. The summed E-state index contributed by atoms with van der Waals surface area (Å²) >= 11 is 0.